The molecule has 3 aromatic rings. The minimum absolute atomic E-state index is 0.0299. The molecule has 110 valence electrons. The molecule has 2 heterocycles. The van der Waals surface area contributed by atoms with E-state index in [0.717, 1.165) is 6.07 Å². The van der Waals surface area contributed by atoms with Crippen LogP contribution in [0, 0.1) is 11.6 Å². The highest BCUT2D eigenvalue weighted by Crippen LogP contribution is 2.13. The minimum atomic E-state index is -0.915. The van der Waals surface area contributed by atoms with Crippen LogP contribution in [0.25, 0.3) is 0 Å². The van der Waals surface area contributed by atoms with Gasteiger partial charge in [-0.3, -0.25) is 9.48 Å². The van der Waals surface area contributed by atoms with Crippen LogP contribution in [0.3, 0.4) is 0 Å². The second-order valence-electron chi connectivity index (χ2n) is 4.57. The number of hydrogen-bond donors (Lipinski definition) is 0. The molecule has 0 saturated heterocycles. The highest BCUT2D eigenvalue weighted by Gasteiger charge is 2.14. The van der Waals surface area contributed by atoms with E-state index in [2.05, 4.69) is 15.1 Å². The number of rotatable bonds is 4. The molecule has 0 spiro atoms. The number of nitrogens with zero attached hydrogens (tertiary/aromatic N) is 4. The largest absolute Gasteiger partial charge is 0.287 e. The zero-order chi connectivity index (χ0) is 15.5. The Bertz CT molecular complexity index is 817. The van der Waals surface area contributed by atoms with Gasteiger partial charge in [0, 0.05) is 24.2 Å². The minimum Gasteiger partial charge on any atom is -0.287 e. The summed E-state index contributed by atoms with van der Waals surface area (Å²) in [6.07, 6.45) is 5.63. The summed E-state index contributed by atoms with van der Waals surface area (Å²) in [4.78, 5) is 19.7. The van der Waals surface area contributed by atoms with Gasteiger partial charge < -0.3 is 0 Å². The number of carbonyl (C=O) groups is 1. The summed E-state index contributed by atoms with van der Waals surface area (Å²) in [6.45, 7) is 0.0299. The second kappa shape index (κ2) is 5.80. The maximum absolute atomic E-state index is 13.6. The Kier molecular flexibility index (Phi) is 3.69. The van der Waals surface area contributed by atoms with E-state index >= 15 is 0 Å². The lowest BCUT2D eigenvalue weighted by Crippen LogP contribution is -2.07. The lowest BCUT2D eigenvalue weighted by atomic mass is 10.2. The molecule has 0 N–H and O–H groups in total. The standard InChI is InChI=1S/C15H10F2N4O/c16-12-3-1-2-10(14(12)17)8-21-5-4-13(20-21)15(22)11-6-18-9-19-7-11/h1-7,9H,8H2. The van der Waals surface area contributed by atoms with Gasteiger partial charge in [0.15, 0.2) is 11.6 Å². The summed E-state index contributed by atoms with van der Waals surface area (Å²) in [5.74, 6) is -2.16. The molecule has 3 rings (SSSR count). The summed E-state index contributed by atoms with van der Waals surface area (Å²) >= 11 is 0. The first-order valence-electron chi connectivity index (χ1n) is 6.41. The molecule has 0 aliphatic carbocycles. The van der Waals surface area contributed by atoms with E-state index < -0.39 is 11.6 Å². The van der Waals surface area contributed by atoms with Crippen LogP contribution in [-0.2, 0) is 6.54 Å². The first-order chi connectivity index (χ1) is 10.6. The number of halogens is 2. The summed E-state index contributed by atoms with van der Waals surface area (Å²) in [5, 5.41) is 4.08. The Morgan fingerprint density at radius 1 is 1.14 bits per heavy atom. The van der Waals surface area contributed by atoms with Gasteiger partial charge in [0.2, 0.25) is 5.78 Å². The predicted octanol–water partition coefficient (Wildman–Crippen LogP) is 2.23. The molecule has 0 radical (unpaired) electrons. The van der Waals surface area contributed by atoms with Gasteiger partial charge in [0.05, 0.1) is 12.1 Å². The van der Waals surface area contributed by atoms with Gasteiger partial charge in [-0.2, -0.15) is 5.10 Å². The molecule has 7 heteroatoms. The Morgan fingerprint density at radius 2 is 1.91 bits per heavy atom. The van der Waals surface area contributed by atoms with Gasteiger partial charge in [-0.25, -0.2) is 18.7 Å². The molecule has 0 aliphatic rings. The fraction of sp³-hybridized carbons (Fsp3) is 0.0667. The van der Waals surface area contributed by atoms with E-state index in [1.165, 1.54) is 47.8 Å². The molecule has 22 heavy (non-hydrogen) atoms. The zero-order valence-corrected chi connectivity index (χ0v) is 11.3. The first kappa shape index (κ1) is 14.0. The summed E-state index contributed by atoms with van der Waals surface area (Å²) < 4.78 is 28.2. The highest BCUT2D eigenvalue weighted by molar-refractivity contribution is 6.07. The van der Waals surface area contributed by atoms with Crippen molar-refractivity contribution in [3.63, 3.8) is 0 Å². The van der Waals surface area contributed by atoms with E-state index in [4.69, 9.17) is 0 Å². The Hall–Kier alpha value is -2.96. The number of aromatic nitrogens is 4. The third-order valence-electron chi connectivity index (χ3n) is 3.06. The van der Waals surface area contributed by atoms with Crippen LogP contribution in [0.15, 0.2) is 49.2 Å². The maximum atomic E-state index is 13.6. The van der Waals surface area contributed by atoms with Gasteiger partial charge in [0.1, 0.15) is 12.0 Å². The fourth-order valence-electron chi connectivity index (χ4n) is 1.98. The fourth-order valence-corrected chi connectivity index (χ4v) is 1.98. The van der Waals surface area contributed by atoms with Gasteiger partial charge in [-0.15, -0.1) is 0 Å². The smallest absolute Gasteiger partial charge is 0.216 e. The molecule has 0 unspecified atom stereocenters. The Labute approximate surface area is 124 Å². The van der Waals surface area contributed by atoms with Crippen LogP contribution < -0.4 is 0 Å². The zero-order valence-electron chi connectivity index (χ0n) is 11.3. The highest BCUT2D eigenvalue weighted by atomic mass is 19.2. The molecule has 5 nitrogen and oxygen atoms in total. The van der Waals surface area contributed by atoms with Crippen molar-refractivity contribution in [1.82, 2.24) is 19.7 Å². The second-order valence-corrected chi connectivity index (χ2v) is 4.57. The average molecular weight is 300 g/mol. The molecule has 0 aliphatic heterocycles. The molecule has 0 atom stereocenters. The predicted molar refractivity (Wildman–Crippen MR) is 73.2 cm³/mol. The third-order valence-corrected chi connectivity index (χ3v) is 3.06. The topological polar surface area (TPSA) is 60.7 Å². The first-order valence-corrected chi connectivity index (χ1v) is 6.41. The quantitative estimate of drug-likeness (QED) is 0.693. The third kappa shape index (κ3) is 2.73. The summed E-state index contributed by atoms with van der Waals surface area (Å²) in [6, 6.07) is 5.44. The Morgan fingerprint density at radius 3 is 2.68 bits per heavy atom. The van der Waals surface area contributed by atoms with Crippen LogP contribution in [0.1, 0.15) is 21.6 Å². The van der Waals surface area contributed by atoms with Crippen molar-refractivity contribution in [2.45, 2.75) is 6.54 Å². The Balaban J connectivity index is 1.82. The molecular formula is C15H10F2N4O. The van der Waals surface area contributed by atoms with E-state index in [-0.39, 0.29) is 23.6 Å². The van der Waals surface area contributed by atoms with Crippen LogP contribution in [0.5, 0.6) is 0 Å². The lowest BCUT2D eigenvalue weighted by Gasteiger charge is -2.04. The monoisotopic (exact) mass is 300 g/mol. The SMILES string of the molecule is O=C(c1cncnc1)c1ccn(Cc2cccc(F)c2F)n1. The number of hydrogen-bond acceptors (Lipinski definition) is 4. The molecule has 1 aromatic carbocycles. The van der Waals surface area contributed by atoms with Crippen molar-refractivity contribution in [2.75, 3.05) is 0 Å². The van der Waals surface area contributed by atoms with Crippen molar-refractivity contribution in [2.24, 2.45) is 0 Å². The number of ketones is 1. The molecule has 0 saturated carbocycles. The van der Waals surface area contributed by atoms with Crippen molar-refractivity contribution < 1.29 is 13.6 Å². The van der Waals surface area contributed by atoms with Crippen molar-refractivity contribution in [3.05, 3.63) is 77.6 Å². The maximum Gasteiger partial charge on any atom is 0.216 e. The molecule has 0 fully saturated rings. The molecular weight excluding hydrogens is 290 g/mol. The van der Waals surface area contributed by atoms with Crippen molar-refractivity contribution in [3.8, 4) is 0 Å². The molecule has 2 aromatic heterocycles. The van der Waals surface area contributed by atoms with Crippen molar-refractivity contribution >= 4 is 5.78 Å². The van der Waals surface area contributed by atoms with Crippen LogP contribution in [-0.4, -0.2) is 25.5 Å². The van der Waals surface area contributed by atoms with Crippen LogP contribution >= 0.6 is 0 Å². The van der Waals surface area contributed by atoms with E-state index in [9.17, 15) is 13.6 Å². The van der Waals surface area contributed by atoms with Gasteiger partial charge >= 0.3 is 0 Å². The van der Waals surface area contributed by atoms with E-state index in [0.29, 0.717) is 5.56 Å². The molecule has 0 bridgehead atoms. The summed E-state index contributed by atoms with van der Waals surface area (Å²) in [7, 11) is 0. The average Bonchev–Trinajstić information content (AvgIpc) is 3.00. The number of carbonyl (C=O) groups excluding carboxylic acids is 1. The van der Waals surface area contributed by atoms with E-state index in [1.54, 1.807) is 0 Å². The van der Waals surface area contributed by atoms with Crippen LogP contribution in [0.2, 0.25) is 0 Å². The van der Waals surface area contributed by atoms with E-state index in [1.807, 2.05) is 0 Å². The van der Waals surface area contributed by atoms with Crippen LogP contribution in [0.4, 0.5) is 8.78 Å². The normalized spacial score (nSPS) is 10.6. The van der Waals surface area contributed by atoms with Gasteiger partial charge in [-0.1, -0.05) is 12.1 Å². The number of benzene rings is 1. The van der Waals surface area contributed by atoms with Crippen molar-refractivity contribution in [1.29, 1.82) is 0 Å². The molecule has 0 amide bonds. The van der Waals surface area contributed by atoms with Gasteiger partial charge in [-0.05, 0) is 12.1 Å². The summed E-state index contributed by atoms with van der Waals surface area (Å²) in [5.41, 5.74) is 0.654. The lowest BCUT2D eigenvalue weighted by molar-refractivity contribution is 0.103. The van der Waals surface area contributed by atoms with Gasteiger partial charge in [0.25, 0.3) is 0 Å².